The first-order valence-corrected chi connectivity index (χ1v) is 11.8. The van der Waals surface area contributed by atoms with Crippen LogP contribution in [0.15, 0.2) is 67.7 Å². The van der Waals surface area contributed by atoms with Gasteiger partial charge in [0, 0.05) is 13.1 Å². The number of para-hydroxylation sites is 4. The molecule has 0 bridgehead atoms. The highest BCUT2D eigenvalue weighted by Gasteiger charge is 2.19. The SMILES string of the molecule is O=c1nc2n(CCCCCn3c4nc(=O)[nH]c(=O)c-4nc4ccccc43)c3ccccc3nc-2c(=O)[nH]1. The molecule has 0 aromatic heterocycles. The summed E-state index contributed by atoms with van der Waals surface area (Å²) in [4.78, 5) is 69.8. The first kappa shape index (κ1) is 22.5. The van der Waals surface area contributed by atoms with E-state index in [1.54, 1.807) is 0 Å². The van der Waals surface area contributed by atoms with Crippen LogP contribution in [0.3, 0.4) is 0 Å². The number of aromatic amines is 2. The maximum atomic E-state index is 12.4. The molecule has 37 heavy (non-hydrogen) atoms. The minimum atomic E-state index is -0.712. The predicted octanol–water partition coefficient (Wildman–Crippen LogP) is 1.35. The van der Waals surface area contributed by atoms with Crippen LogP contribution in [0.5, 0.6) is 0 Å². The second kappa shape index (κ2) is 8.90. The van der Waals surface area contributed by atoms with E-state index in [2.05, 4.69) is 29.9 Å². The smallest absolute Gasteiger partial charge is 0.322 e. The summed E-state index contributed by atoms with van der Waals surface area (Å²) in [6.07, 6.45) is 2.22. The highest BCUT2D eigenvalue weighted by molar-refractivity contribution is 5.80. The van der Waals surface area contributed by atoms with Gasteiger partial charge in [-0.05, 0) is 43.5 Å². The standard InChI is InChI=1S/C25H20N8O4/c34-22-18-20(28-24(36)30-22)32(16-10-4-2-8-14(16)26-18)12-6-1-7-13-33-17-11-5-3-9-15(17)27-19-21(33)29-25(37)31-23(19)35/h2-5,8-11H,1,6-7,12-13H2,(H,30,34,36)(H,31,35,37). The number of nitrogens with zero attached hydrogens (tertiary/aromatic N) is 6. The van der Waals surface area contributed by atoms with Gasteiger partial charge in [0.2, 0.25) is 0 Å². The molecule has 0 radical (unpaired) electrons. The van der Waals surface area contributed by atoms with Gasteiger partial charge in [-0.25, -0.2) is 19.6 Å². The van der Waals surface area contributed by atoms with Crippen molar-refractivity contribution in [3.63, 3.8) is 0 Å². The maximum Gasteiger partial charge on any atom is 0.349 e. The number of rotatable bonds is 6. The zero-order valence-electron chi connectivity index (χ0n) is 19.5. The number of fused-ring (bicyclic) bond motifs is 4. The van der Waals surface area contributed by atoms with Crippen molar-refractivity contribution < 1.29 is 0 Å². The molecule has 4 heterocycles. The van der Waals surface area contributed by atoms with Crippen LogP contribution in [0.4, 0.5) is 0 Å². The third kappa shape index (κ3) is 3.97. The van der Waals surface area contributed by atoms with Crippen molar-refractivity contribution in [2.45, 2.75) is 32.4 Å². The Kier molecular flexibility index (Phi) is 5.40. The van der Waals surface area contributed by atoms with Crippen LogP contribution in [-0.4, -0.2) is 39.0 Å². The van der Waals surface area contributed by atoms with Crippen molar-refractivity contribution in [2.24, 2.45) is 0 Å². The quantitative estimate of drug-likeness (QED) is 0.258. The van der Waals surface area contributed by atoms with Gasteiger partial charge >= 0.3 is 11.4 Å². The molecular weight excluding hydrogens is 476 g/mol. The molecule has 0 spiro atoms. The van der Waals surface area contributed by atoms with E-state index in [0.29, 0.717) is 24.1 Å². The van der Waals surface area contributed by atoms with E-state index in [4.69, 9.17) is 0 Å². The Morgan fingerprint density at radius 1 is 0.568 bits per heavy atom. The molecule has 0 atom stereocenters. The molecule has 0 fully saturated rings. The molecule has 184 valence electrons. The van der Waals surface area contributed by atoms with E-state index in [-0.39, 0.29) is 23.0 Å². The number of aryl methyl sites for hydroxylation is 2. The van der Waals surface area contributed by atoms with Gasteiger partial charge in [-0.3, -0.25) is 19.6 Å². The summed E-state index contributed by atoms with van der Waals surface area (Å²) in [5, 5.41) is 0. The summed E-state index contributed by atoms with van der Waals surface area (Å²) in [6, 6.07) is 14.8. The second-order valence-electron chi connectivity index (χ2n) is 8.65. The van der Waals surface area contributed by atoms with Crippen molar-refractivity contribution in [1.29, 1.82) is 0 Å². The first-order valence-electron chi connectivity index (χ1n) is 11.8. The molecule has 6 rings (SSSR count). The lowest BCUT2D eigenvalue weighted by molar-refractivity contribution is 0.552. The summed E-state index contributed by atoms with van der Waals surface area (Å²) in [6.45, 7) is 1.03. The van der Waals surface area contributed by atoms with Crippen LogP contribution >= 0.6 is 0 Å². The number of H-pyrrole nitrogens is 2. The predicted molar refractivity (Wildman–Crippen MR) is 136 cm³/mol. The molecule has 0 saturated carbocycles. The third-order valence-electron chi connectivity index (χ3n) is 6.29. The molecule has 2 N–H and O–H groups in total. The van der Waals surface area contributed by atoms with Crippen LogP contribution in [0.1, 0.15) is 19.3 Å². The van der Waals surface area contributed by atoms with E-state index in [0.717, 1.165) is 30.3 Å². The van der Waals surface area contributed by atoms with Crippen LogP contribution in [0.2, 0.25) is 0 Å². The Balaban J connectivity index is 1.28. The number of hydrogen-bond donors (Lipinski definition) is 2. The summed E-state index contributed by atoms with van der Waals surface area (Å²) in [7, 11) is 0. The van der Waals surface area contributed by atoms with E-state index >= 15 is 0 Å². The highest BCUT2D eigenvalue weighted by atomic mass is 16.2. The van der Waals surface area contributed by atoms with Crippen molar-refractivity contribution in [2.75, 3.05) is 0 Å². The molecule has 12 nitrogen and oxygen atoms in total. The Morgan fingerprint density at radius 3 is 1.46 bits per heavy atom. The Labute approximate surface area is 207 Å². The molecule has 0 amide bonds. The van der Waals surface area contributed by atoms with Crippen LogP contribution < -0.4 is 22.5 Å². The van der Waals surface area contributed by atoms with Crippen molar-refractivity contribution in [1.82, 2.24) is 39.0 Å². The van der Waals surface area contributed by atoms with Gasteiger partial charge in [-0.1, -0.05) is 24.3 Å². The van der Waals surface area contributed by atoms with Gasteiger partial charge in [0.25, 0.3) is 11.1 Å². The molecule has 0 aliphatic carbocycles. The summed E-state index contributed by atoms with van der Waals surface area (Å²) in [5.41, 5.74) is 0.505. The Morgan fingerprint density at radius 2 is 1.00 bits per heavy atom. The van der Waals surface area contributed by atoms with E-state index < -0.39 is 22.5 Å². The van der Waals surface area contributed by atoms with Gasteiger partial charge in [0.1, 0.15) is 0 Å². The average Bonchev–Trinajstić information content (AvgIpc) is 2.88. The summed E-state index contributed by atoms with van der Waals surface area (Å²) < 4.78 is 3.70. The van der Waals surface area contributed by atoms with E-state index in [9.17, 15) is 19.2 Å². The van der Waals surface area contributed by atoms with Gasteiger partial charge in [-0.15, -0.1) is 0 Å². The first-order chi connectivity index (χ1) is 18.0. The molecule has 0 unspecified atom stereocenters. The lowest BCUT2D eigenvalue weighted by Gasteiger charge is -2.18. The van der Waals surface area contributed by atoms with E-state index in [1.165, 1.54) is 0 Å². The van der Waals surface area contributed by atoms with Crippen LogP contribution in [-0.2, 0) is 13.1 Å². The van der Waals surface area contributed by atoms with Crippen LogP contribution in [0.25, 0.3) is 45.1 Å². The van der Waals surface area contributed by atoms with Gasteiger partial charge in [0.05, 0.1) is 22.1 Å². The largest absolute Gasteiger partial charge is 0.349 e. The van der Waals surface area contributed by atoms with Crippen molar-refractivity contribution in [3.05, 3.63) is 90.2 Å². The topological polar surface area (TPSA) is 161 Å². The lowest BCUT2D eigenvalue weighted by Crippen LogP contribution is -2.29. The molecule has 12 heteroatoms. The Bertz CT molecular complexity index is 1830. The highest BCUT2D eigenvalue weighted by Crippen LogP contribution is 2.23. The van der Waals surface area contributed by atoms with Crippen LogP contribution in [0, 0.1) is 0 Å². The minimum absolute atomic E-state index is 0.119. The molecule has 2 aromatic carbocycles. The average molecular weight is 496 g/mol. The summed E-state index contributed by atoms with van der Waals surface area (Å²) >= 11 is 0. The van der Waals surface area contributed by atoms with Gasteiger partial charge < -0.3 is 9.13 Å². The maximum absolute atomic E-state index is 12.4. The number of nitrogens with one attached hydrogen (secondary N) is 2. The summed E-state index contributed by atoms with van der Waals surface area (Å²) in [5.74, 6) is 0.499. The van der Waals surface area contributed by atoms with Crippen molar-refractivity contribution in [3.8, 4) is 23.0 Å². The molecule has 0 saturated heterocycles. The van der Waals surface area contributed by atoms with Gasteiger partial charge in [-0.2, -0.15) is 9.97 Å². The molecule has 4 aliphatic heterocycles. The number of benzene rings is 2. The number of aromatic nitrogens is 8. The second-order valence-corrected chi connectivity index (χ2v) is 8.65. The molecular formula is C25H20N8O4. The molecule has 4 aliphatic rings. The Hall–Kier alpha value is -5.00. The fourth-order valence-electron chi connectivity index (χ4n) is 4.66. The normalized spacial score (nSPS) is 11.7. The lowest BCUT2D eigenvalue weighted by atomic mass is 10.2. The number of hydrogen-bond acceptors (Lipinski definition) is 8. The third-order valence-corrected chi connectivity index (χ3v) is 6.29. The molecule has 2 aromatic rings. The zero-order chi connectivity index (χ0) is 25.5. The minimum Gasteiger partial charge on any atom is -0.322 e. The number of unbranched alkanes of at least 4 members (excludes halogenated alkanes) is 2. The fourth-order valence-corrected chi connectivity index (χ4v) is 4.66. The fraction of sp³-hybridized carbons (Fsp3) is 0.200. The van der Waals surface area contributed by atoms with Gasteiger partial charge in [0.15, 0.2) is 23.0 Å². The monoisotopic (exact) mass is 496 g/mol. The van der Waals surface area contributed by atoms with E-state index in [1.807, 2.05) is 57.7 Å². The zero-order valence-corrected chi connectivity index (χ0v) is 19.5. The van der Waals surface area contributed by atoms with Crippen molar-refractivity contribution >= 4 is 22.1 Å².